The Hall–Kier alpha value is -3.68. The number of nitrogens with one attached hydrogen (secondary N) is 1. The standard InChI is InChI=1S/C19H17FN4O3/c1-24(2)19(27)16-14(21)5-4-12(17(16)20)11-7-13-10(3-6-15(25)26)8-22-18(13)23-9-11/h3-9H,21H2,1-2H3,(H,22,23)(H,25,26)/b6-3+. The van der Waals surface area contributed by atoms with Gasteiger partial charge in [-0.15, -0.1) is 0 Å². The highest BCUT2D eigenvalue weighted by molar-refractivity contribution is 6.01. The van der Waals surface area contributed by atoms with Gasteiger partial charge in [0, 0.05) is 60.3 Å². The van der Waals surface area contributed by atoms with E-state index in [4.69, 9.17) is 10.8 Å². The number of amides is 1. The fourth-order valence-corrected chi connectivity index (χ4v) is 2.72. The molecule has 138 valence electrons. The van der Waals surface area contributed by atoms with Crippen LogP contribution in [0.3, 0.4) is 0 Å². The van der Waals surface area contributed by atoms with Gasteiger partial charge in [0.05, 0.1) is 5.56 Å². The van der Waals surface area contributed by atoms with Crippen molar-refractivity contribution < 1.29 is 19.1 Å². The molecule has 0 atom stereocenters. The lowest BCUT2D eigenvalue weighted by atomic mass is 10.00. The van der Waals surface area contributed by atoms with Crippen molar-refractivity contribution in [2.45, 2.75) is 0 Å². The molecule has 7 nitrogen and oxygen atoms in total. The van der Waals surface area contributed by atoms with Gasteiger partial charge in [0.15, 0.2) is 0 Å². The number of hydrogen-bond donors (Lipinski definition) is 3. The van der Waals surface area contributed by atoms with Gasteiger partial charge in [-0.3, -0.25) is 4.79 Å². The van der Waals surface area contributed by atoms with Gasteiger partial charge >= 0.3 is 5.97 Å². The number of rotatable bonds is 4. The topological polar surface area (TPSA) is 112 Å². The summed E-state index contributed by atoms with van der Waals surface area (Å²) >= 11 is 0. The second-order valence-corrected chi connectivity index (χ2v) is 6.13. The Balaban J connectivity index is 2.15. The molecule has 0 aliphatic heterocycles. The molecule has 4 N–H and O–H groups in total. The fourth-order valence-electron chi connectivity index (χ4n) is 2.72. The van der Waals surface area contributed by atoms with Crippen LogP contribution in [0.4, 0.5) is 10.1 Å². The van der Waals surface area contributed by atoms with Crippen LogP contribution in [-0.4, -0.2) is 45.9 Å². The number of carboxylic acids is 1. The van der Waals surface area contributed by atoms with Crippen molar-refractivity contribution in [2.24, 2.45) is 0 Å². The molecule has 1 aromatic carbocycles. The predicted octanol–water partition coefficient (Wildman–Crippen LogP) is 2.75. The van der Waals surface area contributed by atoms with E-state index in [0.717, 1.165) is 6.08 Å². The molecule has 0 radical (unpaired) electrons. The van der Waals surface area contributed by atoms with Crippen molar-refractivity contribution in [1.29, 1.82) is 0 Å². The SMILES string of the molecule is CN(C)C(=O)c1c(N)ccc(-c2cnc3[nH]cc(/C=C/C(=O)O)c3c2)c1F. The molecule has 0 bridgehead atoms. The average Bonchev–Trinajstić information content (AvgIpc) is 3.02. The number of hydrogen-bond acceptors (Lipinski definition) is 4. The van der Waals surface area contributed by atoms with E-state index in [1.165, 1.54) is 43.4 Å². The van der Waals surface area contributed by atoms with Crippen molar-refractivity contribution in [3.63, 3.8) is 0 Å². The second-order valence-electron chi connectivity index (χ2n) is 6.13. The molecule has 0 spiro atoms. The molecule has 2 aromatic heterocycles. The van der Waals surface area contributed by atoms with E-state index in [1.807, 2.05) is 0 Å². The third-order valence-corrected chi connectivity index (χ3v) is 4.07. The van der Waals surface area contributed by atoms with Crippen LogP contribution in [-0.2, 0) is 4.79 Å². The van der Waals surface area contributed by atoms with Crippen LogP contribution in [0, 0.1) is 5.82 Å². The van der Waals surface area contributed by atoms with E-state index in [9.17, 15) is 9.59 Å². The Morgan fingerprint density at radius 2 is 2.07 bits per heavy atom. The molecule has 0 saturated carbocycles. The van der Waals surface area contributed by atoms with Crippen LogP contribution in [0.1, 0.15) is 15.9 Å². The molecule has 2 heterocycles. The molecule has 0 aliphatic carbocycles. The first-order valence-electron chi connectivity index (χ1n) is 7.97. The third-order valence-electron chi connectivity index (χ3n) is 4.07. The minimum absolute atomic E-state index is 0.0516. The maximum Gasteiger partial charge on any atom is 0.328 e. The highest BCUT2D eigenvalue weighted by Crippen LogP contribution is 2.31. The van der Waals surface area contributed by atoms with Gasteiger partial charge in [-0.05, 0) is 24.3 Å². The van der Waals surface area contributed by atoms with Gasteiger partial charge in [-0.25, -0.2) is 14.2 Å². The third kappa shape index (κ3) is 3.37. The quantitative estimate of drug-likeness (QED) is 0.484. The van der Waals surface area contributed by atoms with Crippen molar-refractivity contribution in [1.82, 2.24) is 14.9 Å². The second kappa shape index (κ2) is 6.91. The Labute approximate surface area is 153 Å². The normalized spacial score (nSPS) is 11.2. The number of carbonyl (C=O) groups excluding carboxylic acids is 1. The fraction of sp³-hybridized carbons (Fsp3) is 0.105. The highest BCUT2D eigenvalue weighted by Gasteiger charge is 2.21. The van der Waals surface area contributed by atoms with Crippen molar-refractivity contribution >= 4 is 34.7 Å². The zero-order chi connectivity index (χ0) is 19.7. The summed E-state index contributed by atoms with van der Waals surface area (Å²) in [6.07, 6.45) is 5.52. The first kappa shape index (κ1) is 18.1. The van der Waals surface area contributed by atoms with Crippen LogP contribution in [0.25, 0.3) is 28.2 Å². The summed E-state index contributed by atoms with van der Waals surface area (Å²) in [4.78, 5) is 31.4. The molecule has 27 heavy (non-hydrogen) atoms. The van der Waals surface area contributed by atoms with E-state index in [1.54, 1.807) is 12.3 Å². The number of pyridine rings is 1. The number of aromatic amines is 1. The van der Waals surface area contributed by atoms with Crippen LogP contribution in [0.15, 0.2) is 36.7 Å². The Morgan fingerprint density at radius 1 is 1.33 bits per heavy atom. The van der Waals surface area contributed by atoms with Gasteiger partial charge in [-0.2, -0.15) is 0 Å². The lowest BCUT2D eigenvalue weighted by Gasteiger charge is -2.15. The number of nitrogens with zero attached hydrogens (tertiary/aromatic N) is 2. The molecule has 0 fully saturated rings. The number of halogens is 1. The maximum absolute atomic E-state index is 15.1. The summed E-state index contributed by atoms with van der Waals surface area (Å²) in [6, 6.07) is 4.64. The van der Waals surface area contributed by atoms with Crippen LogP contribution < -0.4 is 5.73 Å². The van der Waals surface area contributed by atoms with Crippen LogP contribution >= 0.6 is 0 Å². The van der Waals surface area contributed by atoms with Gasteiger partial charge in [0.25, 0.3) is 5.91 Å². The molecular weight excluding hydrogens is 351 g/mol. The maximum atomic E-state index is 15.1. The van der Waals surface area contributed by atoms with Crippen molar-refractivity contribution in [3.8, 4) is 11.1 Å². The first-order chi connectivity index (χ1) is 12.8. The molecule has 3 aromatic rings. The zero-order valence-electron chi connectivity index (χ0n) is 14.7. The lowest BCUT2D eigenvalue weighted by molar-refractivity contribution is -0.131. The average molecular weight is 368 g/mol. The Kier molecular flexibility index (Phi) is 4.64. The number of nitrogens with two attached hydrogens (primary N) is 1. The summed E-state index contributed by atoms with van der Waals surface area (Å²) in [7, 11) is 3.03. The molecule has 0 aliphatic rings. The van der Waals surface area contributed by atoms with E-state index in [2.05, 4.69) is 9.97 Å². The monoisotopic (exact) mass is 368 g/mol. The predicted molar refractivity (Wildman–Crippen MR) is 101 cm³/mol. The van der Waals surface area contributed by atoms with E-state index in [0.29, 0.717) is 22.2 Å². The lowest BCUT2D eigenvalue weighted by Crippen LogP contribution is -2.24. The summed E-state index contributed by atoms with van der Waals surface area (Å²) in [5, 5.41) is 9.42. The molecule has 0 saturated heterocycles. The molecule has 1 amide bonds. The number of carboxylic acid groups (broad SMARTS) is 1. The number of aromatic nitrogens is 2. The summed E-state index contributed by atoms with van der Waals surface area (Å²) < 4.78 is 15.1. The number of anilines is 1. The van der Waals surface area contributed by atoms with Crippen LogP contribution in [0.5, 0.6) is 0 Å². The smallest absolute Gasteiger partial charge is 0.328 e. The van der Waals surface area contributed by atoms with Crippen molar-refractivity contribution in [3.05, 3.63) is 53.6 Å². The number of benzene rings is 1. The number of H-pyrrole nitrogens is 1. The van der Waals surface area contributed by atoms with Crippen LogP contribution in [0.2, 0.25) is 0 Å². The number of aliphatic carboxylic acids is 1. The molecule has 3 rings (SSSR count). The minimum Gasteiger partial charge on any atom is -0.478 e. The zero-order valence-corrected chi connectivity index (χ0v) is 14.7. The van der Waals surface area contributed by atoms with E-state index in [-0.39, 0.29) is 16.8 Å². The number of nitrogen functional groups attached to an aromatic ring is 1. The van der Waals surface area contributed by atoms with E-state index >= 15 is 4.39 Å². The highest BCUT2D eigenvalue weighted by atomic mass is 19.1. The Bertz CT molecular complexity index is 1090. The number of fused-ring (bicyclic) bond motifs is 1. The Morgan fingerprint density at radius 3 is 2.74 bits per heavy atom. The minimum atomic E-state index is -1.08. The molecular formula is C19H17FN4O3. The van der Waals surface area contributed by atoms with Gasteiger partial charge in [-0.1, -0.05) is 0 Å². The van der Waals surface area contributed by atoms with Gasteiger partial charge in [0.1, 0.15) is 11.5 Å². The van der Waals surface area contributed by atoms with Crippen molar-refractivity contribution in [2.75, 3.05) is 19.8 Å². The largest absolute Gasteiger partial charge is 0.478 e. The number of carbonyl (C=O) groups is 2. The summed E-state index contributed by atoms with van der Waals surface area (Å²) in [6.45, 7) is 0. The summed E-state index contributed by atoms with van der Waals surface area (Å²) in [5.41, 5.74) is 7.41. The molecule has 8 heteroatoms. The van der Waals surface area contributed by atoms with E-state index < -0.39 is 17.7 Å². The molecule has 0 unspecified atom stereocenters. The first-order valence-corrected chi connectivity index (χ1v) is 7.97. The summed E-state index contributed by atoms with van der Waals surface area (Å²) in [5.74, 6) is -2.34. The van der Waals surface area contributed by atoms with Gasteiger partial charge < -0.3 is 20.7 Å². The van der Waals surface area contributed by atoms with Gasteiger partial charge in [0.2, 0.25) is 0 Å².